The Labute approximate surface area is 181 Å². The van der Waals surface area contributed by atoms with E-state index in [9.17, 15) is 19.7 Å². The molecule has 1 aromatic heterocycles. The third-order valence-electron chi connectivity index (χ3n) is 6.99. The molecule has 2 saturated carbocycles. The fourth-order valence-electron chi connectivity index (χ4n) is 5.60. The predicted molar refractivity (Wildman–Crippen MR) is 110 cm³/mol. The first-order valence-electron chi connectivity index (χ1n) is 10.1. The van der Waals surface area contributed by atoms with Crippen LogP contribution < -0.4 is 0 Å². The molecule has 156 valence electrons. The van der Waals surface area contributed by atoms with Gasteiger partial charge in [0.15, 0.2) is 0 Å². The first-order chi connectivity index (χ1) is 14.9. The van der Waals surface area contributed by atoms with Crippen molar-refractivity contribution in [2.45, 2.75) is 6.42 Å². The van der Waals surface area contributed by atoms with Crippen LogP contribution in [0.25, 0.3) is 11.3 Å². The van der Waals surface area contributed by atoms with Gasteiger partial charge in [-0.25, -0.2) is 0 Å². The van der Waals surface area contributed by atoms with E-state index in [1.165, 1.54) is 24.4 Å². The van der Waals surface area contributed by atoms with E-state index < -0.39 is 4.92 Å². The summed E-state index contributed by atoms with van der Waals surface area (Å²) in [5.41, 5.74) is 0.0936. The number of rotatable bonds is 4. The fourth-order valence-corrected chi connectivity index (χ4v) is 5.77. The molecule has 4 aliphatic carbocycles. The number of amides is 2. The average Bonchev–Trinajstić information content (AvgIpc) is 3.39. The minimum atomic E-state index is -0.534. The summed E-state index contributed by atoms with van der Waals surface area (Å²) in [6.07, 6.45) is 6.62. The number of nitrogens with zero attached hydrogens (tertiary/aromatic N) is 3. The Morgan fingerprint density at radius 2 is 1.77 bits per heavy atom. The number of halogens is 1. The summed E-state index contributed by atoms with van der Waals surface area (Å²) in [5, 5.41) is 16.7. The van der Waals surface area contributed by atoms with E-state index in [-0.39, 0.29) is 63.3 Å². The zero-order valence-electron chi connectivity index (χ0n) is 16.1. The lowest BCUT2D eigenvalue weighted by atomic mass is 9.63. The van der Waals surface area contributed by atoms with Crippen LogP contribution in [0, 0.1) is 45.6 Å². The Balaban J connectivity index is 1.26. The highest BCUT2D eigenvalue weighted by molar-refractivity contribution is 6.30. The molecular formula is C22H16ClN3O5. The quantitative estimate of drug-likeness (QED) is 0.237. The van der Waals surface area contributed by atoms with Crippen molar-refractivity contribution in [3.05, 3.63) is 63.4 Å². The van der Waals surface area contributed by atoms with Gasteiger partial charge in [-0.2, -0.15) is 10.1 Å². The number of imide groups is 1. The highest BCUT2D eigenvalue weighted by Crippen LogP contribution is 2.65. The van der Waals surface area contributed by atoms with E-state index >= 15 is 0 Å². The van der Waals surface area contributed by atoms with Crippen LogP contribution in [-0.2, 0) is 9.59 Å². The molecule has 7 rings (SSSR count). The molecule has 0 radical (unpaired) electrons. The van der Waals surface area contributed by atoms with Crippen LogP contribution in [0.2, 0.25) is 5.02 Å². The van der Waals surface area contributed by atoms with Gasteiger partial charge in [-0.05, 0) is 54.4 Å². The van der Waals surface area contributed by atoms with E-state index in [4.69, 9.17) is 16.0 Å². The van der Waals surface area contributed by atoms with E-state index in [2.05, 4.69) is 17.3 Å². The van der Waals surface area contributed by atoms with Crippen LogP contribution in [0.4, 0.5) is 5.69 Å². The number of nitro groups is 1. The van der Waals surface area contributed by atoms with Gasteiger partial charge in [0.05, 0.1) is 28.5 Å². The molecule has 9 heteroatoms. The first kappa shape index (κ1) is 18.5. The van der Waals surface area contributed by atoms with Crippen molar-refractivity contribution in [1.82, 2.24) is 5.01 Å². The highest BCUT2D eigenvalue weighted by Gasteiger charge is 2.67. The number of hydrogen-bond acceptors (Lipinski definition) is 6. The van der Waals surface area contributed by atoms with Gasteiger partial charge in [-0.1, -0.05) is 23.8 Å². The Bertz CT molecular complexity index is 1180. The van der Waals surface area contributed by atoms with Crippen molar-refractivity contribution in [2.75, 3.05) is 0 Å². The third kappa shape index (κ3) is 2.64. The van der Waals surface area contributed by atoms with E-state index in [0.29, 0.717) is 11.8 Å². The molecule has 2 heterocycles. The normalized spacial score (nSPS) is 32.6. The number of hydrogen-bond donors (Lipinski definition) is 0. The number of carbonyl (C=O) groups excluding carboxylic acids is 2. The average molecular weight is 438 g/mol. The molecule has 0 spiro atoms. The van der Waals surface area contributed by atoms with Gasteiger partial charge in [0.25, 0.3) is 17.5 Å². The molecule has 1 aliphatic heterocycles. The SMILES string of the molecule is O=C1[C@@H]2[C@H]3C=C[C@@H]([C@@H]4C[C@@H]34)[C@@H]2C(=O)N1N=Cc1ccc(-c2ccc(Cl)cc2[N+](=O)[O-])o1. The topological polar surface area (TPSA) is 106 Å². The second-order valence-corrected chi connectivity index (χ2v) is 8.94. The molecule has 3 fully saturated rings. The Kier molecular flexibility index (Phi) is 3.80. The van der Waals surface area contributed by atoms with Gasteiger partial charge in [-0.15, -0.1) is 0 Å². The third-order valence-corrected chi connectivity index (χ3v) is 7.22. The standard InChI is InChI=1S/C22H16ClN3O5/c23-10-1-3-14(17(7-10)26(29)30)18-6-2-11(31-18)9-24-25-21(27)19-12-4-5-13(16-8-15(12)16)20(19)22(25)28/h1-7,9,12-13,15-16,19-20H,8H2/t12-,13-,15-,16-,19-,20+/m0/s1. The summed E-state index contributed by atoms with van der Waals surface area (Å²) in [6, 6.07) is 7.45. The van der Waals surface area contributed by atoms with Crippen molar-refractivity contribution < 1.29 is 18.9 Å². The van der Waals surface area contributed by atoms with Crippen LogP contribution in [0.1, 0.15) is 12.2 Å². The van der Waals surface area contributed by atoms with E-state index in [1.807, 2.05) is 0 Å². The van der Waals surface area contributed by atoms with Crippen molar-refractivity contribution in [3.63, 3.8) is 0 Å². The smallest absolute Gasteiger partial charge is 0.281 e. The molecule has 0 unspecified atom stereocenters. The van der Waals surface area contributed by atoms with Crippen molar-refractivity contribution in [3.8, 4) is 11.3 Å². The van der Waals surface area contributed by atoms with Crippen LogP contribution in [-0.4, -0.2) is 28.0 Å². The van der Waals surface area contributed by atoms with Gasteiger partial charge < -0.3 is 4.42 Å². The zero-order valence-corrected chi connectivity index (χ0v) is 16.8. The molecule has 6 atom stereocenters. The lowest BCUT2D eigenvalue weighted by Crippen LogP contribution is -2.40. The Hall–Kier alpha value is -3.26. The second kappa shape index (κ2) is 6.37. The van der Waals surface area contributed by atoms with Gasteiger partial charge in [0.2, 0.25) is 0 Å². The van der Waals surface area contributed by atoms with Crippen molar-refractivity contribution in [1.29, 1.82) is 0 Å². The zero-order chi connectivity index (χ0) is 21.4. The molecule has 2 amide bonds. The van der Waals surface area contributed by atoms with Crippen LogP contribution in [0.5, 0.6) is 0 Å². The Morgan fingerprint density at radius 3 is 2.42 bits per heavy atom. The van der Waals surface area contributed by atoms with Gasteiger partial charge in [-0.3, -0.25) is 19.7 Å². The van der Waals surface area contributed by atoms with Crippen molar-refractivity contribution in [2.24, 2.45) is 40.6 Å². The van der Waals surface area contributed by atoms with Crippen LogP contribution in [0.15, 0.2) is 52.0 Å². The fraction of sp³-hybridized carbons (Fsp3) is 0.318. The molecular weight excluding hydrogens is 422 g/mol. The molecule has 31 heavy (non-hydrogen) atoms. The molecule has 5 aliphatic rings. The number of carbonyl (C=O) groups is 2. The number of hydrazone groups is 1. The molecule has 8 nitrogen and oxygen atoms in total. The molecule has 0 N–H and O–H groups in total. The number of benzene rings is 1. The van der Waals surface area contributed by atoms with E-state index in [0.717, 1.165) is 11.4 Å². The monoisotopic (exact) mass is 437 g/mol. The molecule has 1 aromatic carbocycles. The number of furan rings is 1. The molecule has 2 aromatic rings. The maximum Gasteiger partial charge on any atom is 0.281 e. The minimum Gasteiger partial charge on any atom is -0.455 e. The first-order valence-corrected chi connectivity index (χ1v) is 10.5. The van der Waals surface area contributed by atoms with Crippen LogP contribution in [0.3, 0.4) is 0 Å². The van der Waals surface area contributed by atoms with Gasteiger partial charge in [0.1, 0.15) is 11.5 Å². The van der Waals surface area contributed by atoms with Gasteiger partial charge in [0, 0.05) is 11.1 Å². The molecule has 2 bridgehead atoms. The maximum absolute atomic E-state index is 12.9. The summed E-state index contributed by atoms with van der Waals surface area (Å²) in [4.78, 5) is 36.7. The van der Waals surface area contributed by atoms with Crippen molar-refractivity contribution >= 4 is 35.3 Å². The summed E-state index contributed by atoms with van der Waals surface area (Å²) in [5.74, 6) is 0.736. The molecule has 1 saturated heterocycles. The van der Waals surface area contributed by atoms with Gasteiger partial charge >= 0.3 is 0 Å². The number of nitro benzene ring substituents is 1. The summed E-state index contributed by atoms with van der Waals surface area (Å²) in [7, 11) is 0. The largest absolute Gasteiger partial charge is 0.455 e. The lowest BCUT2D eigenvalue weighted by molar-refractivity contribution is -0.384. The maximum atomic E-state index is 12.9. The highest BCUT2D eigenvalue weighted by atomic mass is 35.5. The summed E-state index contributed by atoms with van der Waals surface area (Å²) >= 11 is 5.86. The predicted octanol–water partition coefficient (Wildman–Crippen LogP) is 3.90. The summed E-state index contributed by atoms with van der Waals surface area (Å²) in [6.45, 7) is 0. The summed E-state index contributed by atoms with van der Waals surface area (Å²) < 4.78 is 5.67. The Morgan fingerprint density at radius 1 is 1.10 bits per heavy atom. The minimum absolute atomic E-state index is 0.136. The number of allylic oxidation sites excluding steroid dienone is 2. The van der Waals surface area contributed by atoms with E-state index in [1.54, 1.807) is 12.1 Å². The second-order valence-electron chi connectivity index (χ2n) is 8.51. The lowest BCUT2D eigenvalue weighted by Gasteiger charge is -2.37. The van der Waals surface area contributed by atoms with Crippen LogP contribution >= 0.6 is 11.6 Å².